The standard InChI is InChI=1S/C19H24N2O6/c1-19(2)25-10-14(27-19)9-24-13-7-15-17(18(22)21-11-20-15)16(8-13)26-12-3-5-23-6-4-12/h7-8,11-12,14H,3-6,9-10H2,1-2H3,(H,20,21,22). The van der Waals surface area contributed by atoms with Crippen LogP contribution in [0.5, 0.6) is 11.5 Å². The molecule has 2 saturated heterocycles. The molecule has 27 heavy (non-hydrogen) atoms. The van der Waals surface area contributed by atoms with Crippen molar-refractivity contribution in [3.8, 4) is 11.5 Å². The maximum atomic E-state index is 12.3. The summed E-state index contributed by atoms with van der Waals surface area (Å²) < 4.78 is 28.7. The van der Waals surface area contributed by atoms with E-state index in [-0.39, 0.29) is 17.8 Å². The zero-order chi connectivity index (χ0) is 18.9. The molecule has 2 fully saturated rings. The Kier molecular flexibility index (Phi) is 5.03. The molecule has 1 atom stereocenters. The number of ether oxygens (including phenoxy) is 5. The third-order valence-electron chi connectivity index (χ3n) is 4.65. The summed E-state index contributed by atoms with van der Waals surface area (Å²) in [6.45, 7) is 5.88. The first-order chi connectivity index (χ1) is 13.0. The van der Waals surface area contributed by atoms with Crippen LogP contribution < -0.4 is 15.0 Å². The van der Waals surface area contributed by atoms with Crippen molar-refractivity contribution in [3.63, 3.8) is 0 Å². The smallest absolute Gasteiger partial charge is 0.262 e. The average Bonchev–Trinajstić information content (AvgIpc) is 3.00. The average molecular weight is 376 g/mol. The predicted molar refractivity (Wildman–Crippen MR) is 97.2 cm³/mol. The van der Waals surface area contributed by atoms with Gasteiger partial charge in [0.2, 0.25) is 0 Å². The summed E-state index contributed by atoms with van der Waals surface area (Å²) in [7, 11) is 0. The Balaban J connectivity index is 1.57. The van der Waals surface area contributed by atoms with Gasteiger partial charge in [0.25, 0.3) is 5.56 Å². The van der Waals surface area contributed by atoms with Crippen molar-refractivity contribution >= 4 is 10.9 Å². The summed E-state index contributed by atoms with van der Waals surface area (Å²) in [5.41, 5.74) is 0.296. The minimum Gasteiger partial charge on any atom is -0.491 e. The number of benzene rings is 1. The summed E-state index contributed by atoms with van der Waals surface area (Å²) >= 11 is 0. The molecule has 8 nitrogen and oxygen atoms in total. The number of hydrogen-bond acceptors (Lipinski definition) is 7. The molecule has 8 heteroatoms. The summed E-state index contributed by atoms with van der Waals surface area (Å²) in [5, 5.41) is 0.429. The lowest BCUT2D eigenvalue weighted by molar-refractivity contribution is -0.141. The molecule has 0 bridgehead atoms. The molecule has 0 spiro atoms. The third-order valence-corrected chi connectivity index (χ3v) is 4.65. The maximum absolute atomic E-state index is 12.3. The SMILES string of the molecule is CC1(C)OCC(COc2cc(OC3CCOCC3)c3c(=O)[nH]cnc3c2)O1. The van der Waals surface area contributed by atoms with Gasteiger partial charge >= 0.3 is 0 Å². The van der Waals surface area contributed by atoms with Gasteiger partial charge in [0.1, 0.15) is 35.7 Å². The number of hydrogen-bond donors (Lipinski definition) is 1. The summed E-state index contributed by atoms with van der Waals surface area (Å²) in [4.78, 5) is 19.2. The van der Waals surface area contributed by atoms with Gasteiger partial charge in [0.05, 0.1) is 31.7 Å². The fourth-order valence-electron chi connectivity index (χ4n) is 3.32. The number of nitrogens with one attached hydrogen (secondary N) is 1. The van der Waals surface area contributed by atoms with Crippen LogP contribution in [-0.2, 0) is 14.2 Å². The van der Waals surface area contributed by atoms with E-state index in [9.17, 15) is 4.79 Å². The van der Waals surface area contributed by atoms with Crippen molar-refractivity contribution in [1.82, 2.24) is 9.97 Å². The van der Waals surface area contributed by atoms with Crippen LogP contribution in [0.25, 0.3) is 10.9 Å². The van der Waals surface area contributed by atoms with E-state index < -0.39 is 5.79 Å². The topological polar surface area (TPSA) is 91.9 Å². The van der Waals surface area contributed by atoms with Gasteiger partial charge in [-0.2, -0.15) is 0 Å². The molecule has 2 aliphatic rings. The molecule has 2 aromatic rings. The number of nitrogens with zero attached hydrogens (tertiary/aromatic N) is 1. The van der Waals surface area contributed by atoms with E-state index in [4.69, 9.17) is 23.7 Å². The molecule has 0 radical (unpaired) electrons. The zero-order valence-corrected chi connectivity index (χ0v) is 15.5. The molecule has 1 unspecified atom stereocenters. The molecular weight excluding hydrogens is 352 g/mol. The van der Waals surface area contributed by atoms with Gasteiger partial charge in [-0.3, -0.25) is 4.79 Å². The van der Waals surface area contributed by atoms with Gasteiger partial charge < -0.3 is 28.7 Å². The van der Waals surface area contributed by atoms with E-state index in [2.05, 4.69) is 9.97 Å². The number of fused-ring (bicyclic) bond motifs is 1. The molecule has 1 N–H and O–H groups in total. The molecule has 0 amide bonds. The van der Waals surface area contributed by atoms with Crippen LogP contribution in [0.1, 0.15) is 26.7 Å². The van der Waals surface area contributed by atoms with E-state index in [0.29, 0.717) is 48.8 Å². The predicted octanol–water partition coefficient (Wildman–Crippen LogP) is 2.01. The van der Waals surface area contributed by atoms with E-state index in [1.165, 1.54) is 6.33 Å². The second kappa shape index (κ2) is 7.46. The molecule has 1 aromatic heterocycles. The lowest BCUT2D eigenvalue weighted by Crippen LogP contribution is -2.26. The summed E-state index contributed by atoms with van der Waals surface area (Å²) in [5.74, 6) is 0.465. The fraction of sp³-hybridized carbons (Fsp3) is 0.579. The normalized spacial score (nSPS) is 22.8. The van der Waals surface area contributed by atoms with Gasteiger partial charge in [0.15, 0.2) is 5.79 Å². The lowest BCUT2D eigenvalue weighted by Gasteiger charge is -2.24. The number of aromatic amines is 1. The highest BCUT2D eigenvalue weighted by atomic mass is 16.7. The molecule has 3 heterocycles. The highest BCUT2D eigenvalue weighted by Gasteiger charge is 2.33. The van der Waals surface area contributed by atoms with E-state index >= 15 is 0 Å². The first-order valence-corrected chi connectivity index (χ1v) is 9.20. The van der Waals surface area contributed by atoms with Gasteiger partial charge in [-0.15, -0.1) is 0 Å². The largest absolute Gasteiger partial charge is 0.491 e. The second-order valence-electron chi connectivity index (χ2n) is 7.24. The molecular formula is C19H24N2O6. The van der Waals surface area contributed by atoms with E-state index in [0.717, 1.165) is 12.8 Å². The Bertz CT molecular complexity index is 859. The van der Waals surface area contributed by atoms with Crippen LogP contribution in [0.2, 0.25) is 0 Å². The van der Waals surface area contributed by atoms with Crippen molar-refractivity contribution in [2.45, 2.75) is 44.7 Å². The zero-order valence-electron chi connectivity index (χ0n) is 15.5. The Morgan fingerprint density at radius 3 is 2.85 bits per heavy atom. The summed E-state index contributed by atoms with van der Waals surface area (Å²) in [6.07, 6.45) is 2.80. The minimum absolute atomic E-state index is 0.00386. The molecule has 0 aliphatic carbocycles. The van der Waals surface area contributed by atoms with E-state index in [1.807, 2.05) is 13.8 Å². The third kappa shape index (κ3) is 4.23. The Morgan fingerprint density at radius 2 is 2.11 bits per heavy atom. The van der Waals surface area contributed by atoms with Crippen LogP contribution in [0.15, 0.2) is 23.3 Å². The van der Waals surface area contributed by atoms with Crippen molar-refractivity contribution in [2.24, 2.45) is 0 Å². The van der Waals surface area contributed by atoms with E-state index in [1.54, 1.807) is 12.1 Å². The quantitative estimate of drug-likeness (QED) is 0.853. The second-order valence-corrected chi connectivity index (χ2v) is 7.24. The molecule has 146 valence electrons. The Labute approximate surface area is 156 Å². The fourth-order valence-corrected chi connectivity index (χ4v) is 3.32. The Hall–Kier alpha value is -2.16. The van der Waals surface area contributed by atoms with Crippen molar-refractivity contribution in [1.29, 1.82) is 0 Å². The molecule has 0 saturated carbocycles. The lowest BCUT2D eigenvalue weighted by atomic mass is 10.1. The van der Waals surface area contributed by atoms with Crippen molar-refractivity contribution in [3.05, 3.63) is 28.8 Å². The number of aromatic nitrogens is 2. The Morgan fingerprint density at radius 1 is 1.30 bits per heavy atom. The van der Waals surface area contributed by atoms with Crippen LogP contribution in [-0.4, -0.2) is 54.4 Å². The summed E-state index contributed by atoms with van der Waals surface area (Å²) in [6, 6.07) is 3.48. The maximum Gasteiger partial charge on any atom is 0.262 e. The monoisotopic (exact) mass is 376 g/mol. The van der Waals surface area contributed by atoms with Crippen LogP contribution in [0.4, 0.5) is 0 Å². The van der Waals surface area contributed by atoms with Crippen LogP contribution >= 0.6 is 0 Å². The van der Waals surface area contributed by atoms with Gasteiger partial charge in [-0.05, 0) is 13.8 Å². The van der Waals surface area contributed by atoms with Crippen LogP contribution in [0.3, 0.4) is 0 Å². The minimum atomic E-state index is -0.594. The van der Waals surface area contributed by atoms with Gasteiger partial charge in [-0.1, -0.05) is 0 Å². The number of H-pyrrole nitrogens is 1. The molecule has 4 rings (SSSR count). The molecule has 1 aromatic carbocycles. The van der Waals surface area contributed by atoms with Crippen LogP contribution in [0, 0.1) is 0 Å². The first kappa shape index (κ1) is 18.2. The number of rotatable bonds is 5. The highest BCUT2D eigenvalue weighted by molar-refractivity contribution is 5.85. The first-order valence-electron chi connectivity index (χ1n) is 9.20. The van der Waals surface area contributed by atoms with Crippen molar-refractivity contribution in [2.75, 3.05) is 26.4 Å². The van der Waals surface area contributed by atoms with Crippen molar-refractivity contribution < 1.29 is 23.7 Å². The molecule has 2 aliphatic heterocycles. The van der Waals surface area contributed by atoms with Gasteiger partial charge in [0, 0.05) is 25.0 Å². The van der Waals surface area contributed by atoms with Gasteiger partial charge in [-0.25, -0.2) is 4.98 Å². The highest BCUT2D eigenvalue weighted by Crippen LogP contribution is 2.31.